The summed E-state index contributed by atoms with van der Waals surface area (Å²) in [5.41, 5.74) is 1.65. The van der Waals surface area contributed by atoms with Gasteiger partial charge >= 0.3 is 0 Å². The fraction of sp³-hybridized carbons (Fsp3) is 0.438. The van der Waals surface area contributed by atoms with Crippen LogP contribution in [0.3, 0.4) is 0 Å². The minimum absolute atomic E-state index is 0.461. The van der Waals surface area contributed by atoms with Crippen molar-refractivity contribution >= 4 is 0 Å². The number of hydrogen-bond donors (Lipinski definition) is 0. The van der Waals surface area contributed by atoms with Crippen molar-refractivity contribution in [1.82, 2.24) is 15.2 Å². The van der Waals surface area contributed by atoms with Crippen LogP contribution in [-0.2, 0) is 15.9 Å². The molecule has 0 radical (unpaired) electrons. The van der Waals surface area contributed by atoms with E-state index in [2.05, 4.69) is 15.2 Å². The first-order chi connectivity index (χ1) is 9.83. The number of benzene rings is 1. The number of hydrogen-bond acceptors (Lipinski definition) is 5. The Labute approximate surface area is 124 Å². The molecular weight excluding hydrogens is 266 g/mol. The lowest BCUT2D eigenvalue weighted by Crippen LogP contribution is -2.23. The van der Waals surface area contributed by atoms with Gasteiger partial charge in [-0.25, -0.2) is 4.98 Å². The largest absolute Gasteiger partial charge is 0.497 e. The zero-order valence-electron chi connectivity index (χ0n) is 13.0. The number of aromatic nitrogens is 3. The lowest BCUT2D eigenvalue weighted by Gasteiger charge is -2.23. The van der Waals surface area contributed by atoms with Crippen LogP contribution in [-0.4, -0.2) is 22.3 Å². The second kappa shape index (κ2) is 4.49. The van der Waals surface area contributed by atoms with E-state index in [0.29, 0.717) is 5.82 Å². The molecule has 0 bridgehead atoms. The van der Waals surface area contributed by atoms with Crippen molar-refractivity contribution in [3.05, 3.63) is 35.7 Å². The van der Waals surface area contributed by atoms with E-state index in [1.807, 2.05) is 52.0 Å². The molecule has 1 aliphatic heterocycles. The molecule has 0 aliphatic carbocycles. The van der Waals surface area contributed by atoms with Crippen LogP contribution in [0, 0.1) is 0 Å². The smallest absolute Gasteiger partial charge is 0.182 e. The highest BCUT2D eigenvalue weighted by Crippen LogP contribution is 2.44. The molecule has 0 N–H and O–H groups in total. The lowest BCUT2D eigenvalue weighted by molar-refractivity contribution is -0.107. The molecule has 5 heteroatoms. The van der Waals surface area contributed by atoms with Gasteiger partial charge in [0.05, 0.1) is 7.11 Å². The van der Waals surface area contributed by atoms with E-state index in [1.165, 1.54) is 0 Å². The summed E-state index contributed by atoms with van der Waals surface area (Å²) in [6, 6.07) is 7.63. The average Bonchev–Trinajstić information content (AvgIpc) is 2.64. The van der Waals surface area contributed by atoms with Crippen molar-refractivity contribution in [3.63, 3.8) is 0 Å². The Bertz CT molecular complexity index is 678. The Balaban J connectivity index is 2.07. The first kappa shape index (κ1) is 13.9. The van der Waals surface area contributed by atoms with Gasteiger partial charge < -0.3 is 9.47 Å². The first-order valence-corrected chi connectivity index (χ1v) is 6.94. The fourth-order valence-electron chi connectivity index (χ4n) is 2.75. The highest BCUT2D eigenvalue weighted by Gasteiger charge is 2.46. The minimum atomic E-state index is -0.462. The molecule has 0 amide bonds. The summed E-state index contributed by atoms with van der Waals surface area (Å²) in [4.78, 5) is 4.69. The summed E-state index contributed by atoms with van der Waals surface area (Å²) in [7, 11) is 1.64. The van der Waals surface area contributed by atoms with Gasteiger partial charge in [0.2, 0.25) is 0 Å². The topological polar surface area (TPSA) is 57.1 Å². The third kappa shape index (κ3) is 2.27. The van der Waals surface area contributed by atoms with Crippen molar-refractivity contribution in [3.8, 4) is 17.1 Å². The van der Waals surface area contributed by atoms with Crippen LogP contribution in [0.2, 0.25) is 0 Å². The van der Waals surface area contributed by atoms with E-state index in [4.69, 9.17) is 9.47 Å². The molecule has 1 aromatic heterocycles. The second-order valence-electron chi connectivity index (χ2n) is 6.18. The number of nitrogens with zero attached hydrogens (tertiary/aromatic N) is 3. The van der Waals surface area contributed by atoms with Crippen molar-refractivity contribution < 1.29 is 9.47 Å². The van der Waals surface area contributed by atoms with Crippen LogP contribution >= 0.6 is 0 Å². The molecule has 0 atom stereocenters. The fourth-order valence-corrected chi connectivity index (χ4v) is 2.75. The van der Waals surface area contributed by atoms with Gasteiger partial charge in [-0.15, -0.1) is 10.2 Å². The van der Waals surface area contributed by atoms with Gasteiger partial charge in [0.1, 0.15) is 28.3 Å². The molecule has 0 unspecified atom stereocenters. The Kier molecular flexibility index (Phi) is 2.99. The zero-order chi connectivity index (χ0) is 15.3. The van der Waals surface area contributed by atoms with Crippen molar-refractivity contribution in [2.75, 3.05) is 7.11 Å². The Morgan fingerprint density at radius 3 is 2.14 bits per heavy atom. The van der Waals surface area contributed by atoms with Gasteiger partial charge in [-0.2, -0.15) is 0 Å². The first-order valence-electron chi connectivity index (χ1n) is 6.94. The van der Waals surface area contributed by atoms with Crippen LogP contribution in [0.5, 0.6) is 5.75 Å². The molecule has 110 valence electrons. The summed E-state index contributed by atoms with van der Waals surface area (Å²) < 4.78 is 11.2. The summed E-state index contributed by atoms with van der Waals surface area (Å²) >= 11 is 0. The number of ether oxygens (including phenoxy) is 2. The Morgan fingerprint density at radius 1 is 0.905 bits per heavy atom. The molecule has 2 aromatic rings. The molecule has 0 spiro atoms. The highest BCUT2D eigenvalue weighted by molar-refractivity contribution is 5.56. The van der Waals surface area contributed by atoms with Crippen LogP contribution in [0.25, 0.3) is 11.4 Å². The van der Waals surface area contributed by atoms with Gasteiger partial charge in [-0.05, 0) is 52.0 Å². The third-order valence-corrected chi connectivity index (χ3v) is 3.69. The monoisotopic (exact) mass is 285 g/mol. The highest BCUT2D eigenvalue weighted by atomic mass is 16.5. The van der Waals surface area contributed by atoms with E-state index in [1.54, 1.807) is 7.11 Å². The maximum absolute atomic E-state index is 6.05. The van der Waals surface area contributed by atoms with Gasteiger partial charge in [-0.1, -0.05) is 0 Å². The SMILES string of the molecule is COc1ccc(-c2nnc3c(n2)C(C)(C)OC3(C)C)cc1. The number of rotatable bonds is 2. The summed E-state index contributed by atoms with van der Waals surface area (Å²) in [6.45, 7) is 7.99. The van der Waals surface area contributed by atoms with E-state index in [0.717, 1.165) is 22.7 Å². The van der Waals surface area contributed by atoms with E-state index < -0.39 is 11.2 Å². The molecular formula is C16H19N3O2. The van der Waals surface area contributed by atoms with Crippen molar-refractivity contribution in [2.24, 2.45) is 0 Å². The maximum atomic E-state index is 6.05. The predicted octanol–water partition coefficient (Wildman–Crippen LogP) is 3.05. The van der Waals surface area contributed by atoms with Crippen LogP contribution < -0.4 is 4.74 Å². The zero-order valence-corrected chi connectivity index (χ0v) is 13.0. The van der Waals surface area contributed by atoms with Crippen LogP contribution in [0.15, 0.2) is 24.3 Å². The maximum Gasteiger partial charge on any atom is 0.182 e. The van der Waals surface area contributed by atoms with Gasteiger partial charge in [0.15, 0.2) is 5.82 Å². The molecule has 5 nitrogen and oxygen atoms in total. The van der Waals surface area contributed by atoms with Crippen LogP contribution in [0.4, 0.5) is 0 Å². The predicted molar refractivity (Wildman–Crippen MR) is 79.0 cm³/mol. The van der Waals surface area contributed by atoms with E-state index >= 15 is 0 Å². The van der Waals surface area contributed by atoms with E-state index in [-0.39, 0.29) is 0 Å². The van der Waals surface area contributed by atoms with Gasteiger partial charge in [0, 0.05) is 5.56 Å². The number of fused-ring (bicyclic) bond motifs is 1. The van der Waals surface area contributed by atoms with Crippen molar-refractivity contribution in [1.29, 1.82) is 0 Å². The van der Waals surface area contributed by atoms with Gasteiger partial charge in [0.25, 0.3) is 0 Å². The molecule has 1 aliphatic rings. The Morgan fingerprint density at radius 2 is 1.52 bits per heavy atom. The second-order valence-corrected chi connectivity index (χ2v) is 6.18. The molecule has 0 saturated carbocycles. The lowest BCUT2D eigenvalue weighted by atomic mass is 10.0. The summed E-state index contributed by atoms with van der Waals surface area (Å²) in [5, 5.41) is 8.61. The Hall–Kier alpha value is -2.01. The minimum Gasteiger partial charge on any atom is -0.497 e. The number of methoxy groups -OCH3 is 1. The standard InChI is InChI=1S/C16H19N3O2/c1-15(2)12-13(16(3,4)21-15)18-19-14(17-12)10-6-8-11(20-5)9-7-10/h6-9H,1-5H3. The quantitative estimate of drug-likeness (QED) is 0.848. The molecule has 21 heavy (non-hydrogen) atoms. The van der Waals surface area contributed by atoms with Crippen molar-refractivity contribution in [2.45, 2.75) is 38.9 Å². The average molecular weight is 285 g/mol. The van der Waals surface area contributed by atoms with E-state index in [9.17, 15) is 0 Å². The molecule has 2 heterocycles. The molecule has 0 fully saturated rings. The van der Waals surface area contributed by atoms with Crippen LogP contribution in [0.1, 0.15) is 39.1 Å². The normalized spacial score (nSPS) is 18.3. The molecule has 0 saturated heterocycles. The summed E-state index contributed by atoms with van der Waals surface area (Å²) in [6.07, 6.45) is 0. The summed E-state index contributed by atoms with van der Waals surface area (Å²) in [5.74, 6) is 1.41. The molecule has 3 rings (SSSR count). The third-order valence-electron chi connectivity index (χ3n) is 3.69. The molecule has 1 aromatic carbocycles. The van der Waals surface area contributed by atoms with Gasteiger partial charge in [-0.3, -0.25) is 0 Å².